The Morgan fingerprint density at radius 2 is 1.94 bits per heavy atom. The van der Waals surface area contributed by atoms with E-state index in [0.29, 0.717) is 5.82 Å². The molecule has 1 aliphatic carbocycles. The van der Waals surface area contributed by atoms with E-state index in [2.05, 4.69) is 43.0 Å². The fraction of sp³-hybridized carbons (Fsp3) is 0.308. The third-order valence-electron chi connectivity index (χ3n) is 3.35. The van der Waals surface area contributed by atoms with Crippen molar-refractivity contribution in [3.8, 4) is 5.69 Å². The molecular formula is C13H13Br2N3. The van der Waals surface area contributed by atoms with Crippen LogP contribution in [0.2, 0.25) is 0 Å². The summed E-state index contributed by atoms with van der Waals surface area (Å²) in [6.45, 7) is 0. The van der Waals surface area contributed by atoms with Crippen LogP contribution in [0.25, 0.3) is 5.69 Å². The van der Waals surface area contributed by atoms with Crippen molar-refractivity contribution in [1.29, 1.82) is 0 Å². The Bertz CT molecular complexity index is 605. The summed E-state index contributed by atoms with van der Waals surface area (Å²) in [5.74, 6) is 0.680. The van der Waals surface area contributed by atoms with Crippen molar-refractivity contribution in [2.24, 2.45) is 0 Å². The third-order valence-corrected chi connectivity index (χ3v) is 4.48. The van der Waals surface area contributed by atoms with Crippen molar-refractivity contribution in [2.75, 3.05) is 5.73 Å². The number of halogens is 2. The van der Waals surface area contributed by atoms with Gasteiger partial charge in [-0.3, -0.25) is 0 Å². The van der Waals surface area contributed by atoms with Crippen LogP contribution in [0.4, 0.5) is 5.82 Å². The molecule has 0 saturated heterocycles. The Labute approximate surface area is 123 Å². The topological polar surface area (TPSA) is 43.8 Å². The summed E-state index contributed by atoms with van der Waals surface area (Å²) in [5, 5.41) is 4.50. The zero-order chi connectivity index (χ0) is 12.7. The molecule has 1 aliphatic rings. The predicted molar refractivity (Wildman–Crippen MR) is 80.0 cm³/mol. The fourth-order valence-corrected chi connectivity index (χ4v) is 3.69. The first-order chi connectivity index (χ1) is 8.66. The van der Waals surface area contributed by atoms with Gasteiger partial charge in [0.25, 0.3) is 0 Å². The molecule has 0 saturated carbocycles. The fourth-order valence-electron chi connectivity index (χ4n) is 2.48. The first-order valence-corrected chi connectivity index (χ1v) is 7.57. The first-order valence-electron chi connectivity index (χ1n) is 5.98. The summed E-state index contributed by atoms with van der Waals surface area (Å²) in [4.78, 5) is 0. The highest BCUT2D eigenvalue weighted by Crippen LogP contribution is 2.31. The van der Waals surface area contributed by atoms with Crippen molar-refractivity contribution in [3.05, 3.63) is 38.4 Å². The monoisotopic (exact) mass is 369 g/mol. The molecule has 94 valence electrons. The summed E-state index contributed by atoms with van der Waals surface area (Å²) < 4.78 is 4.06. The molecule has 0 amide bonds. The number of nitrogens with zero attached hydrogens (tertiary/aromatic N) is 2. The molecule has 5 heteroatoms. The van der Waals surface area contributed by atoms with E-state index in [1.807, 2.05) is 16.8 Å². The van der Waals surface area contributed by atoms with Gasteiger partial charge in [0.15, 0.2) is 0 Å². The number of hydrogen-bond acceptors (Lipinski definition) is 2. The molecule has 1 aromatic heterocycles. The lowest BCUT2D eigenvalue weighted by Gasteiger charge is -2.14. The maximum Gasteiger partial charge on any atom is 0.149 e. The summed E-state index contributed by atoms with van der Waals surface area (Å²) in [5.41, 5.74) is 9.57. The van der Waals surface area contributed by atoms with Gasteiger partial charge in [0.05, 0.1) is 5.69 Å². The number of anilines is 1. The Morgan fingerprint density at radius 1 is 1.17 bits per heavy atom. The van der Waals surface area contributed by atoms with Crippen LogP contribution < -0.4 is 5.73 Å². The van der Waals surface area contributed by atoms with E-state index in [1.54, 1.807) is 0 Å². The Morgan fingerprint density at radius 3 is 2.72 bits per heavy atom. The molecule has 0 aliphatic heterocycles. The van der Waals surface area contributed by atoms with Crippen molar-refractivity contribution in [2.45, 2.75) is 25.7 Å². The van der Waals surface area contributed by atoms with E-state index < -0.39 is 0 Å². The number of aromatic nitrogens is 2. The van der Waals surface area contributed by atoms with Crippen LogP contribution >= 0.6 is 31.9 Å². The lowest BCUT2D eigenvalue weighted by Crippen LogP contribution is -2.08. The molecule has 0 fully saturated rings. The van der Waals surface area contributed by atoms with Gasteiger partial charge in [-0.05, 0) is 59.8 Å². The second kappa shape index (κ2) is 4.70. The van der Waals surface area contributed by atoms with Gasteiger partial charge in [-0.2, -0.15) is 5.10 Å². The summed E-state index contributed by atoms with van der Waals surface area (Å²) in [7, 11) is 0. The molecule has 0 radical (unpaired) electrons. The second-order valence-corrected chi connectivity index (χ2v) is 6.30. The van der Waals surface area contributed by atoms with Crippen LogP contribution in [0.1, 0.15) is 24.1 Å². The van der Waals surface area contributed by atoms with Crippen molar-refractivity contribution < 1.29 is 0 Å². The molecule has 18 heavy (non-hydrogen) atoms. The maximum absolute atomic E-state index is 6.02. The SMILES string of the molecule is Nc1nn(-c2ccc(Br)cc2Br)c2c1CCCC2. The van der Waals surface area contributed by atoms with Gasteiger partial charge in [-0.15, -0.1) is 0 Å². The van der Waals surface area contributed by atoms with Crippen LogP contribution in [0.3, 0.4) is 0 Å². The van der Waals surface area contributed by atoms with E-state index in [0.717, 1.165) is 27.5 Å². The van der Waals surface area contributed by atoms with E-state index in [9.17, 15) is 0 Å². The largest absolute Gasteiger partial charge is 0.382 e. The minimum Gasteiger partial charge on any atom is -0.382 e. The molecule has 0 atom stereocenters. The number of hydrogen-bond donors (Lipinski definition) is 1. The zero-order valence-electron chi connectivity index (χ0n) is 9.79. The molecule has 0 spiro atoms. The Hall–Kier alpha value is -0.810. The Kier molecular flexibility index (Phi) is 3.20. The molecule has 3 nitrogen and oxygen atoms in total. The minimum absolute atomic E-state index is 0.680. The van der Waals surface area contributed by atoms with Gasteiger partial charge in [0.2, 0.25) is 0 Å². The van der Waals surface area contributed by atoms with Crippen LogP contribution in [0.15, 0.2) is 27.1 Å². The lowest BCUT2D eigenvalue weighted by molar-refractivity contribution is 0.653. The van der Waals surface area contributed by atoms with Crippen molar-refractivity contribution >= 4 is 37.7 Å². The highest BCUT2D eigenvalue weighted by molar-refractivity contribution is 9.11. The molecule has 1 aromatic carbocycles. The molecule has 3 rings (SSSR count). The Balaban J connectivity index is 2.17. The molecule has 2 aromatic rings. The highest BCUT2D eigenvalue weighted by atomic mass is 79.9. The maximum atomic E-state index is 6.02. The molecule has 0 unspecified atom stereocenters. The number of rotatable bonds is 1. The second-order valence-electron chi connectivity index (χ2n) is 4.53. The van der Waals surface area contributed by atoms with Crippen LogP contribution in [-0.4, -0.2) is 9.78 Å². The number of fused-ring (bicyclic) bond motifs is 1. The van der Waals surface area contributed by atoms with Gasteiger partial charge in [0.1, 0.15) is 5.82 Å². The van der Waals surface area contributed by atoms with Crippen LogP contribution in [0, 0.1) is 0 Å². The van der Waals surface area contributed by atoms with Gasteiger partial charge in [0, 0.05) is 20.2 Å². The molecule has 2 N–H and O–H groups in total. The highest BCUT2D eigenvalue weighted by Gasteiger charge is 2.20. The van der Waals surface area contributed by atoms with E-state index in [1.165, 1.54) is 24.1 Å². The first kappa shape index (κ1) is 12.2. The van der Waals surface area contributed by atoms with E-state index in [4.69, 9.17) is 5.73 Å². The minimum atomic E-state index is 0.680. The third kappa shape index (κ3) is 1.99. The van der Waals surface area contributed by atoms with Gasteiger partial charge in [-0.25, -0.2) is 4.68 Å². The van der Waals surface area contributed by atoms with Gasteiger partial charge >= 0.3 is 0 Å². The normalized spacial score (nSPS) is 14.6. The van der Waals surface area contributed by atoms with E-state index in [-0.39, 0.29) is 0 Å². The van der Waals surface area contributed by atoms with E-state index >= 15 is 0 Å². The lowest BCUT2D eigenvalue weighted by atomic mass is 9.97. The van der Waals surface area contributed by atoms with Crippen molar-refractivity contribution in [1.82, 2.24) is 9.78 Å². The number of nitrogen functional groups attached to an aromatic ring is 1. The summed E-state index contributed by atoms with van der Waals surface area (Å²) in [6.07, 6.45) is 4.54. The van der Waals surface area contributed by atoms with Crippen molar-refractivity contribution in [3.63, 3.8) is 0 Å². The molecule has 1 heterocycles. The van der Waals surface area contributed by atoms with Gasteiger partial charge in [-0.1, -0.05) is 15.9 Å². The van der Waals surface area contributed by atoms with Crippen LogP contribution in [-0.2, 0) is 12.8 Å². The molecule has 0 bridgehead atoms. The summed E-state index contributed by atoms with van der Waals surface area (Å²) in [6, 6.07) is 6.10. The quantitative estimate of drug-likeness (QED) is 0.828. The average Bonchev–Trinajstić information content (AvgIpc) is 2.68. The smallest absolute Gasteiger partial charge is 0.149 e. The van der Waals surface area contributed by atoms with Crippen LogP contribution in [0.5, 0.6) is 0 Å². The molecular weight excluding hydrogens is 358 g/mol. The standard InChI is InChI=1S/C13H13Br2N3/c14-8-5-6-12(10(15)7-8)18-11-4-2-1-3-9(11)13(16)17-18/h5-7H,1-4H2,(H2,16,17). The number of nitrogens with two attached hydrogens (primary N) is 1. The number of benzene rings is 1. The predicted octanol–water partition coefficient (Wildman–Crippen LogP) is 3.86. The average molecular weight is 371 g/mol. The summed E-state index contributed by atoms with van der Waals surface area (Å²) >= 11 is 7.05. The van der Waals surface area contributed by atoms with Gasteiger partial charge < -0.3 is 5.73 Å². The zero-order valence-corrected chi connectivity index (χ0v) is 13.0.